The third-order valence-corrected chi connectivity index (χ3v) is 4.54. The minimum Gasteiger partial charge on any atom is -0.497 e. The van der Waals surface area contributed by atoms with Crippen molar-refractivity contribution in [2.24, 2.45) is 0 Å². The maximum absolute atomic E-state index is 12.1. The summed E-state index contributed by atoms with van der Waals surface area (Å²) in [5.41, 5.74) is 0.687. The van der Waals surface area contributed by atoms with E-state index in [0.717, 1.165) is 0 Å². The van der Waals surface area contributed by atoms with Crippen molar-refractivity contribution in [2.75, 3.05) is 7.11 Å². The van der Waals surface area contributed by atoms with Crippen molar-refractivity contribution in [1.82, 2.24) is 4.72 Å². The molecule has 0 atom stereocenters. The van der Waals surface area contributed by atoms with Crippen molar-refractivity contribution < 1.29 is 13.2 Å². The molecule has 2 rings (SSSR count). The van der Waals surface area contributed by atoms with Crippen LogP contribution in [0.25, 0.3) is 0 Å². The molecule has 0 fully saturated rings. The zero-order valence-electron chi connectivity index (χ0n) is 10.8. The number of rotatable bonds is 5. The SMILES string of the molecule is COc1ccc(CNS(=O)(=O)c2ccccc2)c(Cl)c1. The lowest BCUT2D eigenvalue weighted by Gasteiger charge is -2.09. The first-order chi connectivity index (χ1) is 9.53. The van der Waals surface area contributed by atoms with Gasteiger partial charge in [0, 0.05) is 11.6 Å². The van der Waals surface area contributed by atoms with E-state index in [-0.39, 0.29) is 11.4 Å². The van der Waals surface area contributed by atoms with Crippen LogP contribution in [-0.2, 0) is 16.6 Å². The number of hydrogen-bond donors (Lipinski definition) is 1. The fraction of sp³-hybridized carbons (Fsp3) is 0.143. The largest absolute Gasteiger partial charge is 0.497 e. The second-order valence-corrected chi connectivity index (χ2v) is 6.27. The van der Waals surface area contributed by atoms with Crippen molar-refractivity contribution >= 4 is 21.6 Å². The predicted molar refractivity (Wildman–Crippen MR) is 78.5 cm³/mol. The van der Waals surface area contributed by atoms with Crippen molar-refractivity contribution in [3.8, 4) is 5.75 Å². The lowest BCUT2D eigenvalue weighted by molar-refractivity contribution is 0.414. The van der Waals surface area contributed by atoms with Crippen molar-refractivity contribution in [1.29, 1.82) is 0 Å². The zero-order valence-corrected chi connectivity index (χ0v) is 12.4. The first kappa shape index (κ1) is 14.8. The van der Waals surface area contributed by atoms with E-state index in [1.807, 2.05) is 0 Å². The van der Waals surface area contributed by atoms with Crippen LogP contribution in [0.1, 0.15) is 5.56 Å². The maximum Gasteiger partial charge on any atom is 0.240 e. The van der Waals surface area contributed by atoms with Gasteiger partial charge in [-0.25, -0.2) is 13.1 Å². The molecule has 0 unspecified atom stereocenters. The molecule has 0 bridgehead atoms. The van der Waals surface area contributed by atoms with Gasteiger partial charge in [-0.2, -0.15) is 0 Å². The highest BCUT2D eigenvalue weighted by molar-refractivity contribution is 7.89. The number of halogens is 1. The Hall–Kier alpha value is -1.56. The van der Waals surface area contributed by atoms with Crippen LogP contribution in [0.5, 0.6) is 5.75 Å². The van der Waals surface area contributed by atoms with Gasteiger partial charge in [-0.05, 0) is 29.8 Å². The van der Waals surface area contributed by atoms with Crippen LogP contribution in [0.15, 0.2) is 53.4 Å². The monoisotopic (exact) mass is 311 g/mol. The highest BCUT2D eigenvalue weighted by atomic mass is 35.5. The second-order valence-electron chi connectivity index (χ2n) is 4.09. The summed E-state index contributed by atoms with van der Waals surface area (Å²) in [6.07, 6.45) is 0. The summed E-state index contributed by atoms with van der Waals surface area (Å²) in [6, 6.07) is 13.3. The predicted octanol–water partition coefficient (Wildman–Crippen LogP) is 2.83. The third-order valence-electron chi connectivity index (χ3n) is 2.77. The molecule has 4 nitrogen and oxygen atoms in total. The van der Waals surface area contributed by atoms with E-state index < -0.39 is 10.0 Å². The smallest absolute Gasteiger partial charge is 0.240 e. The van der Waals surface area contributed by atoms with Crippen LogP contribution in [0.4, 0.5) is 0 Å². The Morgan fingerprint density at radius 2 is 1.85 bits per heavy atom. The number of sulfonamides is 1. The van der Waals surface area contributed by atoms with Crippen LogP contribution < -0.4 is 9.46 Å². The summed E-state index contributed by atoms with van der Waals surface area (Å²) < 4.78 is 31.7. The molecule has 0 spiro atoms. The Morgan fingerprint density at radius 1 is 1.15 bits per heavy atom. The zero-order chi connectivity index (χ0) is 14.6. The fourth-order valence-electron chi connectivity index (χ4n) is 1.65. The molecule has 1 N–H and O–H groups in total. The average Bonchev–Trinajstić information content (AvgIpc) is 2.47. The van der Waals surface area contributed by atoms with E-state index in [1.165, 1.54) is 12.1 Å². The molecular formula is C14H14ClNO3S. The van der Waals surface area contributed by atoms with Gasteiger partial charge in [0.05, 0.1) is 12.0 Å². The van der Waals surface area contributed by atoms with Gasteiger partial charge in [0.15, 0.2) is 0 Å². The Bertz CT molecular complexity index is 687. The summed E-state index contributed by atoms with van der Waals surface area (Å²) in [5.74, 6) is 0.629. The van der Waals surface area contributed by atoms with Gasteiger partial charge in [0.2, 0.25) is 10.0 Å². The molecule has 0 heterocycles. The van der Waals surface area contributed by atoms with E-state index in [4.69, 9.17) is 16.3 Å². The Balaban J connectivity index is 2.13. The van der Waals surface area contributed by atoms with E-state index in [2.05, 4.69) is 4.72 Å². The van der Waals surface area contributed by atoms with Gasteiger partial charge >= 0.3 is 0 Å². The van der Waals surface area contributed by atoms with Crippen LogP contribution in [-0.4, -0.2) is 15.5 Å². The van der Waals surface area contributed by atoms with Gasteiger partial charge in [0.1, 0.15) is 5.75 Å². The van der Waals surface area contributed by atoms with Crippen LogP contribution in [0.3, 0.4) is 0 Å². The third kappa shape index (κ3) is 3.50. The Labute approximate surface area is 123 Å². The highest BCUT2D eigenvalue weighted by Gasteiger charge is 2.13. The molecule has 0 aliphatic carbocycles. The van der Waals surface area contributed by atoms with E-state index in [9.17, 15) is 8.42 Å². The molecule has 0 radical (unpaired) electrons. The van der Waals surface area contributed by atoms with Gasteiger partial charge < -0.3 is 4.74 Å². The van der Waals surface area contributed by atoms with E-state index >= 15 is 0 Å². The first-order valence-electron chi connectivity index (χ1n) is 5.90. The molecule has 20 heavy (non-hydrogen) atoms. The topological polar surface area (TPSA) is 55.4 Å². The molecule has 0 saturated heterocycles. The number of benzene rings is 2. The van der Waals surface area contributed by atoms with Gasteiger partial charge in [-0.3, -0.25) is 0 Å². The van der Waals surface area contributed by atoms with Gasteiger partial charge in [0.25, 0.3) is 0 Å². The first-order valence-corrected chi connectivity index (χ1v) is 7.76. The summed E-state index contributed by atoms with van der Waals surface area (Å²) >= 11 is 6.07. The Kier molecular flexibility index (Phi) is 4.65. The van der Waals surface area contributed by atoms with Crippen LogP contribution in [0, 0.1) is 0 Å². The second kappa shape index (κ2) is 6.26. The summed E-state index contributed by atoms with van der Waals surface area (Å²) in [5, 5.41) is 0.458. The summed E-state index contributed by atoms with van der Waals surface area (Å²) in [6.45, 7) is 0.125. The summed E-state index contributed by atoms with van der Waals surface area (Å²) in [7, 11) is -1.99. The fourth-order valence-corrected chi connectivity index (χ4v) is 2.92. The molecule has 0 aromatic heterocycles. The quantitative estimate of drug-likeness (QED) is 0.924. The molecule has 0 amide bonds. The Morgan fingerprint density at radius 3 is 2.45 bits per heavy atom. The lowest BCUT2D eigenvalue weighted by Crippen LogP contribution is -2.23. The van der Waals surface area contributed by atoms with Crippen molar-refractivity contribution in [2.45, 2.75) is 11.4 Å². The van der Waals surface area contributed by atoms with Crippen LogP contribution >= 0.6 is 11.6 Å². The number of hydrogen-bond acceptors (Lipinski definition) is 3. The lowest BCUT2D eigenvalue weighted by atomic mass is 10.2. The summed E-state index contributed by atoms with van der Waals surface area (Å²) in [4.78, 5) is 0.227. The van der Waals surface area contributed by atoms with Gasteiger partial charge in [-0.15, -0.1) is 0 Å². The molecule has 6 heteroatoms. The normalized spacial score (nSPS) is 11.3. The van der Waals surface area contributed by atoms with Gasteiger partial charge in [-0.1, -0.05) is 35.9 Å². The highest BCUT2D eigenvalue weighted by Crippen LogP contribution is 2.22. The maximum atomic E-state index is 12.1. The molecular weight excluding hydrogens is 298 g/mol. The van der Waals surface area contributed by atoms with E-state index in [1.54, 1.807) is 43.5 Å². The number of ether oxygens (including phenoxy) is 1. The molecule has 106 valence electrons. The molecule has 0 aliphatic rings. The van der Waals surface area contributed by atoms with E-state index in [0.29, 0.717) is 16.3 Å². The minimum atomic E-state index is -3.53. The molecule has 0 aliphatic heterocycles. The minimum absolute atomic E-state index is 0.125. The average molecular weight is 312 g/mol. The van der Waals surface area contributed by atoms with Crippen molar-refractivity contribution in [3.05, 3.63) is 59.1 Å². The van der Waals surface area contributed by atoms with Crippen molar-refractivity contribution in [3.63, 3.8) is 0 Å². The van der Waals surface area contributed by atoms with Crippen LogP contribution in [0.2, 0.25) is 5.02 Å². The number of methoxy groups -OCH3 is 1. The molecule has 0 saturated carbocycles. The standard InChI is InChI=1S/C14H14ClNO3S/c1-19-12-8-7-11(14(15)9-12)10-16-20(17,18)13-5-3-2-4-6-13/h2-9,16H,10H2,1H3. The molecule has 2 aromatic carbocycles. The molecule has 2 aromatic rings. The number of nitrogens with one attached hydrogen (secondary N) is 1.